The van der Waals surface area contributed by atoms with Gasteiger partial charge in [0.1, 0.15) is 0 Å². The third kappa shape index (κ3) is 3.58. The summed E-state index contributed by atoms with van der Waals surface area (Å²) in [6.45, 7) is 0. The normalized spacial score (nSPS) is 13.9. The van der Waals surface area contributed by atoms with Crippen molar-refractivity contribution in [2.24, 2.45) is 0 Å². The van der Waals surface area contributed by atoms with Gasteiger partial charge in [-0.25, -0.2) is 9.59 Å². The highest BCUT2D eigenvalue weighted by Gasteiger charge is 2.55. The van der Waals surface area contributed by atoms with Crippen molar-refractivity contribution in [1.82, 2.24) is 0 Å². The van der Waals surface area contributed by atoms with E-state index in [1.54, 1.807) is 0 Å². The van der Waals surface area contributed by atoms with Crippen molar-refractivity contribution in [3.8, 4) is 0 Å². The Morgan fingerprint density at radius 1 is 1.25 bits per heavy atom. The van der Waals surface area contributed by atoms with Crippen LogP contribution in [0.25, 0.3) is 0 Å². The SMILES string of the molecule is O=C(OC(c1ccc(I)o1)C(F)(F)C(=O)O)C(F)(F)F. The number of carboxylic acids is 1. The highest BCUT2D eigenvalue weighted by atomic mass is 127. The molecule has 1 atom stereocenters. The van der Waals surface area contributed by atoms with Gasteiger partial charge in [-0.2, -0.15) is 22.0 Å². The Balaban J connectivity index is 3.16. The minimum absolute atomic E-state index is 0.00755. The van der Waals surface area contributed by atoms with Gasteiger partial charge in [-0.1, -0.05) is 0 Å². The van der Waals surface area contributed by atoms with Crippen LogP contribution in [0.5, 0.6) is 0 Å². The molecule has 1 heterocycles. The number of esters is 1. The molecule has 0 bridgehead atoms. The number of hydrogen-bond donors (Lipinski definition) is 1. The quantitative estimate of drug-likeness (QED) is 0.466. The maximum Gasteiger partial charge on any atom is 0.490 e. The molecule has 0 radical (unpaired) electrons. The zero-order valence-corrected chi connectivity index (χ0v) is 11.2. The van der Waals surface area contributed by atoms with Gasteiger partial charge in [-0.15, -0.1) is 0 Å². The van der Waals surface area contributed by atoms with Gasteiger partial charge < -0.3 is 14.3 Å². The van der Waals surface area contributed by atoms with Gasteiger partial charge in [-0.05, 0) is 34.7 Å². The summed E-state index contributed by atoms with van der Waals surface area (Å²) in [4.78, 5) is 21.0. The van der Waals surface area contributed by atoms with Gasteiger partial charge >= 0.3 is 24.0 Å². The summed E-state index contributed by atoms with van der Waals surface area (Å²) in [6.07, 6.45) is -8.58. The fraction of sp³-hybridized carbons (Fsp3) is 0.333. The number of aliphatic carboxylic acids is 1. The summed E-state index contributed by atoms with van der Waals surface area (Å²) >= 11 is 1.51. The largest absolute Gasteiger partial charge is 0.490 e. The molecular formula is C9H4F5IO5. The molecule has 0 aliphatic heterocycles. The molecule has 1 aromatic rings. The van der Waals surface area contributed by atoms with E-state index in [1.165, 1.54) is 22.6 Å². The maximum atomic E-state index is 13.3. The highest BCUT2D eigenvalue weighted by molar-refractivity contribution is 14.1. The lowest BCUT2D eigenvalue weighted by molar-refractivity contribution is -0.226. The number of carbonyl (C=O) groups excluding carboxylic acids is 1. The molecule has 0 aliphatic rings. The van der Waals surface area contributed by atoms with Crippen LogP contribution in [0, 0.1) is 3.77 Å². The Morgan fingerprint density at radius 2 is 1.80 bits per heavy atom. The average molecular weight is 414 g/mol. The molecule has 11 heteroatoms. The van der Waals surface area contributed by atoms with Crippen LogP contribution in [0.2, 0.25) is 0 Å². The van der Waals surface area contributed by atoms with Crippen LogP contribution in [0.3, 0.4) is 0 Å². The number of ether oxygens (including phenoxy) is 1. The predicted molar refractivity (Wildman–Crippen MR) is 58.9 cm³/mol. The molecule has 0 fully saturated rings. The van der Waals surface area contributed by atoms with Gasteiger partial charge in [0.05, 0.1) is 0 Å². The summed E-state index contributed by atoms with van der Waals surface area (Å²) in [5.74, 6) is -11.4. The molecule has 0 saturated carbocycles. The van der Waals surface area contributed by atoms with Gasteiger partial charge in [0.2, 0.25) is 6.10 Å². The average Bonchev–Trinajstić information content (AvgIpc) is 2.70. The number of alkyl halides is 5. The molecule has 0 spiro atoms. The second-order valence-corrected chi connectivity index (χ2v) is 4.42. The molecule has 0 aromatic carbocycles. The van der Waals surface area contributed by atoms with Crippen molar-refractivity contribution in [2.45, 2.75) is 18.2 Å². The molecule has 1 unspecified atom stereocenters. The van der Waals surface area contributed by atoms with E-state index in [1.807, 2.05) is 0 Å². The van der Waals surface area contributed by atoms with E-state index in [2.05, 4.69) is 9.15 Å². The van der Waals surface area contributed by atoms with Crippen molar-refractivity contribution in [2.75, 3.05) is 0 Å². The second-order valence-electron chi connectivity index (χ2n) is 3.35. The summed E-state index contributed by atoms with van der Waals surface area (Å²) in [7, 11) is 0. The van der Waals surface area contributed by atoms with Crippen molar-refractivity contribution >= 4 is 34.5 Å². The first-order valence-corrected chi connectivity index (χ1v) is 5.68. The Hall–Kier alpha value is -1.40. The van der Waals surface area contributed by atoms with Crippen molar-refractivity contribution in [3.63, 3.8) is 0 Å². The minimum atomic E-state index is -5.55. The van der Waals surface area contributed by atoms with Gasteiger partial charge in [-0.3, -0.25) is 0 Å². The van der Waals surface area contributed by atoms with E-state index in [-0.39, 0.29) is 3.77 Å². The second kappa shape index (κ2) is 5.54. The number of hydrogen-bond acceptors (Lipinski definition) is 4. The molecule has 112 valence electrons. The smallest absolute Gasteiger partial charge is 0.477 e. The highest BCUT2D eigenvalue weighted by Crippen LogP contribution is 2.37. The van der Waals surface area contributed by atoms with Crippen LogP contribution in [0.1, 0.15) is 11.9 Å². The summed E-state index contributed by atoms with van der Waals surface area (Å²) in [5.41, 5.74) is 0. The topological polar surface area (TPSA) is 76.7 Å². The number of carbonyl (C=O) groups is 2. The Kier molecular flexibility index (Phi) is 4.61. The van der Waals surface area contributed by atoms with E-state index < -0.39 is 35.9 Å². The molecule has 1 rings (SSSR count). The van der Waals surface area contributed by atoms with Crippen molar-refractivity contribution < 1.29 is 45.8 Å². The maximum absolute atomic E-state index is 13.3. The molecular weight excluding hydrogens is 410 g/mol. The van der Waals surface area contributed by atoms with Crippen LogP contribution in [-0.4, -0.2) is 29.1 Å². The molecule has 0 amide bonds. The van der Waals surface area contributed by atoms with Gasteiger partial charge in [0.15, 0.2) is 9.53 Å². The lowest BCUT2D eigenvalue weighted by Gasteiger charge is -2.22. The zero-order valence-electron chi connectivity index (χ0n) is 9.08. The van der Waals surface area contributed by atoms with Crippen LogP contribution in [-0.2, 0) is 14.3 Å². The zero-order chi connectivity index (χ0) is 15.7. The number of furan rings is 1. The number of halogens is 6. The predicted octanol–water partition coefficient (Wildman–Crippen LogP) is 2.75. The van der Waals surface area contributed by atoms with E-state index in [4.69, 9.17) is 5.11 Å². The van der Waals surface area contributed by atoms with Crippen LogP contribution >= 0.6 is 22.6 Å². The fourth-order valence-electron chi connectivity index (χ4n) is 1.07. The molecule has 20 heavy (non-hydrogen) atoms. The molecule has 0 saturated heterocycles. The van der Waals surface area contributed by atoms with E-state index in [9.17, 15) is 31.5 Å². The lowest BCUT2D eigenvalue weighted by atomic mass is 10.1. The molecule has 1 aromatic heterocycles. The molecule has 0 aliphatic carbocycles. The standard InChI is InChI=1S/C9H4F5IO5/c10-8(11,6(16)17)5(3-1-2-4(15)19-3)20-7(18)9(12,13)14/h1-2,5H,(H,16,17). The van der Waals surface area contributed by atoms with E-state index >= 15 is 0 Å². The first-order chi connectivity index (χ1) is 8.96. The van der Waals surface area contributed by atoms with E-state index in [0.717, 1.165) is 12.1 Å². The Bertz CT molecular complexity index is 523. The summed E-state index contributed by atoms with van der Waals surface area (Å²) in [5, 5.41) is 8.33. The first kappa shape index (κ1) is 16.7. The fourth-order valence-corrected chi connectivity index (χ4v) is 1.50. The third-order valence-corrected chi connectivity index (χ3v) is 2.50. The van der Waals surface area contributed by atoms with E-state index in [0.29, 0.717) is 0 Å². The number of carboxylic acid groups (broad SMARTS) is 1. The summed E-state index contributed by atoms with van der Waals surface area (Å²) in [6, 6.07) is 1.87. The third-order valence-electron chi connectivity index (χ3n) is 1.92. The lowest BCUT2D eigenvalue weighted by Crippen LogP contribution is -2.40. The Morgan fingerprint density at radius 3 is 2.15 bits per heavy atom. The monoisotopic (exact) mass is 414 g/mol. The minimum Gasteiger partial charge on any atom is -0.477 e. The Labute approximate surface area is 120 Å². The van der Waals surface area contributed by atoms with Crippen LogP contribution < -0.4 is 0 Å². The molecule has 5 nitrogen and oxygen atoms in total. The van der Waals surface area contributed by atoms with Crippen LogP contribution in [0.15, 0.2) is 16.5 Å². The molecule has 1 N–H and O–H groups in total. The van der Waals surface area contributed by atoms with Crippen molar-refractivity contribution in [1.29, 1.82) is 0 Å². The first-order valence-electron chi connectivity index (χ1n) is 4.60. The van der Waals surface area contributed by atoms with Crippen molar-refractivity contribution in [3.05, 3.63) is 21.7 Å². The van der Waals surface area contributed by atoms with Gasteiger partial charge in [0, 0.05) is 0 Å². The van der Waals surface area contributed by atoms with Crippen LogP contribution in [0.4, 0.5) is 22.0 Å². The number of rotatable bonds is 4. The van der Waals surface area contributed by atoms with Gasteiger partial charge in [0.25, 0.3) is 0 Å². The summed E-state index contributed by atoms with van der Waals surface area (Å²) < 4.78 is 70.9.